The van der Waals surface area contributed by atoms with Gasteiger partial charge >= 0.3 is 0 Å². The summed E-state index contributed by atoms with van der Waals surface area (Å²) in [5.41, 5.74) is 1.25. The average molecular weight is 229 g/mol. The maximum absolute atomic E-state index is 9.33. The van der Waals surface area contributed by atoms with Gasteiger partial charge in [0.15, 0.2) is 0 Å². The van der Waals surface area contributed by atoms with Gasteiger partial charge in [-0.1, -0.05) is 30.3 Å². The molecule has 0 N–H and O–H groups in total. The molecule has 1 heterocycles. The molecule has 0 unspecified atom stereocenters. The van der Waals surface area contributed by atoms with E-state index < -0.39 is 0 Å². The molecule has 0 radical (unpaired) electrons. The molecule has 0 bridgehead atoms. The van der Waals surface area contributed by atoms with E-state index in [0.717, 1.165) is 45.3 Å². The molecule has 0 amide bonds. The van der Waals surface area contributed by atoms with E-state index in [0.29, 0.717) is 0 Å². The molecule has 1 saturated heterocycles. The summed E-state index contributed by atoms with van der Waals surface area (Å²) in [4.78, 5) is 0. The molecular weight excluding hydrogens is 210 g/mol. The first-order chi connectivity index (χ1) is 8.35. The van der Waals surface area contributed by atoms with Gasteiger partial charge in [0.2, 0.25) is 0 Å². The largest absolute Gasteiger partial charge is 0.381 e. The minimum absolute atomic E-state index is 0.118. The van der Waals surface area contributed by atoms with Gasteiger partial charge in [-0.25, -0.2) is 0 Å². The van der Waals surface area contributed by atoms with Crippen molar-refractivity contribution >= 4 is 0 Å². The number of benzene rings is 1. The molecule has 1 fully saturated rings. The van der Waals surface area contributed by atoms with Crippen LogP contribution in [0.4, 0.5) is 0 Å². The van der Waals surface area contributed by atoms with Crippen molar-refractivity contribution < 1.29 is 4.74 Å². The van der Waals surface area contributed by atoms with Crippen LogP contribution in [-0.4, -0.2) is 13.2 Å². The third-order valence-electron chi connectivity index (χ3n) is 3.65. The van der Waals surface area contributed by atoms with Crippen molar-refractivity contribution in [2.75, 3.05) is 13.2 Å². The fraction of sp³-hybridized carbons (Fsp3) is 0.533. The van der Waals surface area contributed by atoms with Gasteiger partial charge in [-0.3, -0.25) is 0 Å². The summed E-state index contributed by atoms with van der Waals surface area (Å²) in [5, 5.41) is 9.33. The molecule has 1 aromatic carbocycles. The zero-order chi connectivity index (χ0) is 12.0. The fourth-order valence-corrected chi connectivity index (χ4v) is 2.46. The summed E-state index contributed by atoms with van der Waals surface area (Å²) in [6.07, 6.45) is 4.97. The van der Waals surface area contributed by atoms with E-state index in [4.69, 9.17) is 4.74 Å². The molecule has 0 atom stereocenters. The molecule has 1 aliphatic rings. The van der Waals surface area contributed by atoms with E-state index in [1.807, 2.05) is 6.07 Å². The third kappa shape index (κ3) is 3.31. The van der Waals surface area contributed by atoms with E-state index in [-0.39, 0.29) is 5.41 Å². The van der Waals surface area contributed by atoms with Crippen LogP contribution in [0.1, 0.15) is 31.2 Å². The zero-order valence-electron chi connectivity index (χ0n) is 10.2. The normalized spacial score (nSPS) is 18.5. The number of aryl methyl sites for hydroxylation is 1. The summed E-state index contributed by atoms with van der Waals surface area (Å²) in [7, 11) is 0. The number of nitriles is 1. The second kappa shape index (κ2) is 5.84. The lowest BCUT2D eigenvalue weighted by Gasteiger charge is -2.30. The van der Waals surface area contributed by atoms with Crippen LogP contribution in [0, 0.1) is 16.7 Å². The van der Waals surface area contributed by atoms with Gasteiger partial charge in [0.25, 0.3) is 0 Å². The lowest BCUT2D eigenvalue weighted by molar-refractivity contribution is 0.0362. The first-order valence-corrected chi connectivity index (χ1v) is 6.38. The van der Waals surface area contributed by atoms with Crippen molar-refractivity contribution in [2.24, 2.45) is 5.41 Å². The molecular formula is C15H19NO. The second-order valence-corrected chi connectivity index (χ2v) is 4.84. The van der Waals surface area contributed by atoms with E-state index in [2.05, 4.69) is 30.3 Å². The molecule has 2 heteroatoms. The molecule has 17 heavy (non-hydrogen) atoms. The van der Waals surface area contributed by atoms with E-state index in [1.54, 1.807) is 0 Å². The van der Waals surface area contributed by atoms with Gasteiger partial charge in [0, 0.05) is 13.2 Å². The lowest BCUT2D eigenvalue weighted by Crippen LogP contribution is -2.28. The zero-order valence-corrected chi connectivity index (χ0v) is 10.2. The standard InChI is InChI=1S/C15H19NO/c16-13-15(9-11-17-12-10-15)8-4-7-14-5-2-1-3-6-14/h1-3,5-6H,4,7-12H2. The Bertz CT molecular complexity index is 374. The van der Waals surface area contributed by atoms with Gasteiger partial charge in [-0.05, 0) is 37.7 Å². The highest BCUT2D eigenvalue weighted by Gasteiger charge is 2.31. The first kappa shape index (κ1) is 12.1. The van der Waals surface area contributed by atoms with E-state index in [1.165, 1.54) is 5.56 Å². The SMILES string of the molecule is N#CC1(CCCc2ccccc2)CCOCC1. The van der Waals surface area contributed by atoms with Gasteiger partial charge in [0.1, 0.15) is 0 Å². The highest BCUT2D eigenvalue weighted by atomic mass is 16.5. The second-order valence-electron chi connectivity index (χ2n) is 4.84. The fourth-order valence-electron chi connectivity index (χ4n) is 2.46. The van der Waals surface area contributed by atoms with Gasteiger partial charge in [-0.15, -0.1) is 0 Å². The Balaban J connectivity index is 1.83. The van der Waals surface area contributed by atoms with Gasteiger partial charge in [-0.2, -0.15) is 5.26 Å². The summed E-state index contributed by atoms with van der Waals surface area (Å²) in [6.45, 7) is 1.50. The quantitative estimate of drug-likeness (QED) is 0.793. The van der Waals surface area contributed by atoms with Crippen molar-refractivity contribution in [2.45, 2.75) is 32.1 Å². The van der Waals surface area contributed by atoms with Crippen LogP contribution in [0.25, 0.3) is 0 Å². The maximum Gasteiger partial charge on any atom is 0.0691 e. The van der Waals surface area contributed by atoms with Crippen LogP contribution in [0.3, 0.4) is 0 Å². The van der Waals surface area contributed by atoms with E-state index >= 15 is 0 Å². The van der Waals surface area contributed by atoms with Crippen LogP contribution in [0.2, 0.25) is 0 Å². The molecule has 0 aliphatic carbocycles. The summed E-state index contributed by atoms with van der Waals surface area (Å²) in [6, 6.07) is 13.0. The maximum atomic E-state index is 9.33. The van der Waals surface area contributed by atoms with E-state index in [9.17, 15) is 5.26 Å². The molecule has 1 aliphatic heterocycles. The van der Waals surface area contributed by atoms with Crippen LogP contribution in [0.5, 0.6) is 0 Å². The Morgan fingerprint density at radius 2 is 1.88 bits per heavy atom. The summed E-state index contributed by atoms with van der Waals surface area (Å²) < 4.78 is 5.34. The van der Waals surface area contributed by atoms with Crippen molar-refractivity contribution in [3.63, 3.8) is 0 Å². The van der Waals surface area contributed by atoms with Crippen LogP contribution < -0.4 is 0 Å². The molecule has 0 spiro atoms. The molecule has 90 valence electrons. The monoisotopic (exact) mass is 229 g/mol. The Labute approximate surface area is 103 Å². The minimum atomic E-state index is -0.118. The Kier molecular flexibility index (Phi) is 4.17. The summed E-state index contributed by atoms with van der Waals surface area (Å²) in [5.74, 6) is 0. The Hall–Kier alpha value is -1.33. The first-order valence-electron chi connectivity index (χ1n) is 6.38. The smallest absolute Gasteiger partial charge is 0.0691 e. The minimum Gasteiger partial charge on any atom is -0.381 e. The van der Waals surface area contributed by atoms with Crippen molar-refractivity contribution in [1.29, 1.82) is 5.26 Å². The van der Waals surface area contributed by atoms with Crippen LogP contribution in [0.15, 0.2) is 30.3 Å². The van der Waals surface area contributed by atoms with Crippen LogP contribution in [-0.2, 0) is 11.2 Å². The molecule has 1 aromatic rings. The predicted octanol–water partition coefficient (Wildman–Crippen LogP) is 3.33. The van der Waals surface area contributed by atoms with Gasteiger partial charge in [0.05, 0.1) is 11.5 Å². The van der Waals surface area contributed by atoms with Crippen molar-refractivity contribution in [3.8, 4) is 6.07 Å². The average Bonchev–Trinajstić information content (AvgIpc) is 2.41. The molecule has 2 nitrogen and oxygen atoms in total. The highest BCUT2D eigenvalue weighted by Crippen LogP contribution is 2.34. The molecule has 0 saturated carbocycles. The predicted molar refractivity (Wildman–Crippen MR) is 67.5 cm³/mol. The number of hydrogen-bond acceptors (Lipinski definition) is 2. The van der Waals surface area contributed by atoms with Crippen LogP contribution >= 0.6 is 0 Å². The lowest BCUT2D eigenvalue weighted by atomic mass is 9.77. The topological polar surface area (TPSA) is 33.0 Å². The Morgan fingerprint density at radius 3 is 2.53 bits per heavy atom. The number of rotatable bonds is 4. The van der Waals surface area contributed by atoms with Crippen molar-refractivity contribution in [1.82, 2.24) is 0 Å². The highest BCUT2D eigenvalue weighted by molar-refractivity contribution is 5.14. The third-order valence-corrected chi connectivity index (χ3v) is 3.65. The number of hydrogen-bond donors (Lipinski definition) is 0. The van der Waals surface area contributed by atoms with Crippen molar-refractivity contribution in [3.05, 3.63) is 35.9 Å². The number of nitrogens with zero attached hydrogens (tertiary/aromatic N) is 1. The Morgan fingerprint density at radius 1 is 1.18 bits per heavy atom. The summed E-state index contributed by atoms with van der Waals surface area (Å²) >= 11 is 0. The van der Waals surface area contributed by atoms with Gasteiger partial charge < -0.3 is 4.74 Å². The number of ether oxygens (including phenoxy) is 1. The molecule has 2 rings (SSSR count). The molecule has 0 aromatic heterocycles.